The van der Waals surface area contributed by atoms with Crippen LogP contribution in [0.15, 0.2) is 36.4 Å². The third-order valence-corrected chi connectivity index (χ3v) is 6.81. The summed E-state index contributed by atoms with van der Waals surface area (Å²) in [6.45, 7) is 6.23. The first-order valence-electron chi connectivity index (χ1n) is 12.0. The minimum Gasteiger partial charge on any atom is -0.390 e. The minimum atomic E-state index is -0.680. The maximum atomic E-state index is 13.5. The summed E-state index contributed by atoms with van der Waals surface area (Å²) in [6.07, 6.45) is -0.557. The number of hydrogen-bond donors (Lipinski definition) is 3. The summed E-state index contributed by atoms with van der Waals surface area (Å²) >= 11 is 0. The molecule has 184 valence electrons. The zero-order valence-corrected chi connectivity index (χ0v) is 19.8. The van der Waals surface area contributed by atoms with Crippen molar-refractivity contribution in [1.82, 2.24) is 9.80 Å². The minimum absolute atomic E-state index is 0.0695. The first-order valence-corrected chi connectivity index (χ1v) is 12.0. The average Bonchev–Trinajstić information content (AvgIpc) is 3.69. The van der Waals surface area contributed by atoms with Crippen molar-refractivity contribution >= 4 is 28.8 Å². The van der Waals surface area contributed by atoms with Crippen molar-refractivity contribution in [2.45, 2.75) is 19.1 Å². The largest absolute Gasteiger partial charge is 0.390 e. The molecule has 9 heteroatoms. The quantitative estimate of drug-likeness (QED) is 0.414. The number of hydrogen-bond acceptors (Lipinski definition) is 8. The highest BCUT2D eigenvalue weighted by molar-refractivity contribution is 6.31. The van der Waals surface area contributed by atoms with Gasteiger partial charge in [-0.1, -0.05) is 24.3 Å². The molecule has 0 aromatic heterocycles. The number of ketones is 2. The van der Waals surface area contributed by atoms with Crippen LogP contribution in [-0.2, 0) is 9.53 Å². The summed E-state index contributed by atoms with van der Waals surface area (Å²) in [5.74, 6) is -0.333. The molecule has 1 unspecified atom stereocenters. The molecule has 1 amide bonds. The van der Waals surface area contributed by atoms with Crippen LogP contribution in [0.4, 0.5) is 11.4 Å². The van der Waals surface area contributed by atoms with Crippen LogP contribution in [-0.4, -0.2) is 97.0 Å². The van der Waals surface area contributed by atoms with Crippen molar-refractivity contribution in [3.05, 3.63) is 58.7 Å². The molecule has 2 saturated heterocycles. The molecule has 0 spiro atoms. The van der Waals surface area contributed by atoms with E-state index in [2.05, 4.69) is 15.5 Å². The molecule has 9 nitrogen and oxygen atoms in total. The van der Waals surface area contributed by atoms with Crippen molar-refractivity contribution in [3.8, 4) is 0 Å². The van der Waals surface area contributed by atoms with Gasteiger partial charge in [-0.2, -0.15) is 0 Å². The molecule has 2 aromatic rings. The Hall–Kier alpha value is -3.27. The van der Waals surface area contributed by atoms with E-state index in [-0.39, 0.29) is 30.1 Å². The van der Waals surface area contributed by atoms with Gasteiger partial charge in [-0.15, -0.1) is 0 Å². The molecule has 1 aliphatic carbocycles. The van der Waals surface area contributed by atoms with Crippen molar-refractivity contribution in [3.63, 3.8) is 0 Å². The summed E-state index contributed by atoms with van der Waals surface area (Å²) in [4.78, 5) is 42.4. The Morgan fingerprint density at radius 3 is 2.11 bits per heavy atom. The third kappa shape index (κ3) is 4.93. The molecule has 0 bridgehead atoms. The highest BCUT2D eigenvalue weighted by Crippen LogP contribution is 2.36. The Morgan fingerprint density at radius 1 is 1.00 bits per heavy atom. The van der Waals surface area contributed by atoms with Crippen LogP contribution in [0.3, 0.4) is 0 Å². The van der Waals surface area contributed by atoms with Crippen LogP contribution in [0.25, 0.3) is 0 Å². The van der Waals surface area contributed by atoms with Gasteiger partial charge in [0.1, 0.15) is 0 Å². The van der Waals surface area contributed by atoms with Crippen molar-refractivity contribution < 1.29 is 24.2 Å². The second-order valence-electron chi connectivity index (χ2n) is 9.29. The first-order chi connectivity index (χ1) is 16.9. The number of piperazine rings is 1. The Balaban J connectivity index is 1.32. The summed E-state index contributed by atoms with van der Waals surface area (Å²) < 4.78 is 5.27. The fourth-order valence-electron chi connectivity index (χ4n) is 4.76. The lowest BCUT2D eigenvalue weighted by molar-refractivity contribution is -0.130. The highest BCUT2D eigenvalue weighted by Gasteiger charge is 2.34. The predicted octanol–water partition coefficient (Wildman–Crippen LogP) is 1.21. The number of nitrogens with zero attached hydrogens (tertiary/aromatic N) is 2. The van der Waals surface area contributed by atoms with E-state index in [9.17, 15) is 19.5 Å². The number of benzene rings is 2. The molecule has 0 radical (unpaired) electrons. The number of β-amino-alcohol motifs (C(OH)–C–C–N with tert-alkyl or cyclic N) is 1. The fraction of sp³-hybridized carbons (Fsp3) is 0.423. The van der Waals surface area contributed by atoms with Crippen molar-refractivity contribution in [2.24, 2.45) is 0 Å². The third-order valence-electron chi connectivity index (χ3n) is 6.81. The lowest BCUT2D eigenvalue weighted by Crippen LogP contribution is -2.50. The lowest BCUT2D eigenvalue weighted by Gasteiger charge is -2.35. The van der Waals surface area contributed by atoms with E-state index in [0.717, 1.165) is 0 Å². The molecule has 2 fully saturated rings. The van der Waals surface area contributed by atoms with Crippen LogP contribution in [0.1, 0.15) is 38.8 Å². The Kier molecular flexibility index (Phi) is 6.55. The fourth-order valence-corrected chi connectivity index (χ4v) is 4.76. The smallest absolute Gasteiger partial charge is 0.219 e. The molecule has 35 heavy (non-hydrogen) atoms. The van der Waals surface area contributed by atoms with Crippen LogP contribution in [0, 0.1) is 0 Å². The van der Waals surface area contributed by atoms with Gasteiger partial charge < -0.3 is 25.4 Å². The number of fused-ring (bicyclic) bond motifs is 2. The van der Waals surface area contributed by atoms with Gasteiger partial charge in [-0.05, 0) is 12.1 Å². The summed E-state index contributed by atoms with van der Waals surface area (Å²) in [6, 6.07) is 10.5. The Bertz CT molecular complexity index is 1150. The van der Waals surface area contributed by atoms with Crippen molar-refractivity contribution in [2.75, 3.05) is 63.1 Å². The molecular formula is C26H30N4O5. The van der Waals surface area contributed by atoms with Gasteiger partial charge in [-0.25, -0.2) is 0 Å². The second-order valence-corrected chi connectivity index (χ2v) is 9.29. The van der Waals surface area contributed by atoms with Crippen molar-refractivity contribution in [1.29, 1.82) is 0 Å². The van der Waals surface area contributed by atoms with Crippen LogP contribution >= 0.6 is 0 Å². The molecule has 3 N–H and O–H groups in total. The Labute approximate surface area is 204 Å². The van der Waals surface area contributed by atoms with Gasteiger partial charge in [0.05, 0.1) is 29.9 Å². The standard InChI is InChI=1S/C26H30N4O5/c1-16(31)30-10-8-29(9-11-30)14-17(32)12-27-21-6-7-22(28-13-18-15-35-18)24-23(21)25(33)19-4-2-3-5-20(19)26(24)34/h2-7,17-18,27-28,32H,8-15H2,1H3/t17?,18-/m0/s1. The maximum Gasteiger partial charge on any atom is 0.219 e. The van der Waals surface area contributed by atoms with Crippen LogP contribution in [0.5, 0.6) is 0 Å². The molecule has 2 atom stereocenters. The number of carbonyl (C=O) groups excluding carboxylic acids is 3. The molecule has 3 aliphatic rings. The van der Waals surface area contributed by atoms with Gasteiger partial charge in [0, 0.05) is 75.2 Å². The van der Waals surface area contributed by atoms with E-state index < -0.39 is 6.10 Å². The Morgan fingerprint density at radius 2 is 1.57 bits per heavy atom. The number of epoxide rings is 1. The molecule has 2 aliphatic heterocycles. The highest BCUT2D eigenvalue weighted by atomic mass is 16.6. The molecule has 5 rings (SSSR count). The average molecular weight is 479 g/mol. The van der Waals surface area contributed by atoms with Gasteiger partial charge >= 0.3 is 0 Å². The topological polar surface area (TPSA) is 115 Å². The van der Waals surface area contributed by atoms with Crippen LogP contribution < -0.4 is 10.6 Å². The maximum absolute atomic E-state index is 13.5. The number of rotatable bonds is 8. The number of amides is 1. The van der Waals surface area contributed by atoms with E-state index in [1.165, 1.54) is 0 Å². The van der Waals surface area contributed by atoms with Gasteiger partial charge in [0.25, 0.3) is 0 Å². The number of anilines is 2. The zero-order chi connectivity index (χ0) is 24.5. The number of aliphatic hydroxyl groups is 1. The molecule has 2 aromatic carbocycles. The molecular weight excluding hydrogens is 448 g/mol. The summed E-state index contributed by atoms with van der Waals surface area (Å²) in [7, 11) is 0. The molecule has 0 saturated carbocycles. The number of aliphatic hydroxyl groups excluding tert-OH is 1. The summed E-state index contributed by atoms with van der Waals surface area (Å²) in [5, 5.41) is 17.1. The van der Waals surface area contributed by atoms with Crippen LogP contribution in [0.2, 0.25) is 0 Å². The number of ether oxygens (including phenoxy) is 1. The van der Waals surface area contributed by atoms with E-state index in [0.29, 0.717) is 79.5 Å². The SMILES string of the molecule is CC(=O)N1CCN(CC(O)CNc2ccc(NC[C@H]3CO3)c3c2C(=O)c2ccccc2C3=O)CC1. The second kappa shape index (κ2) is 9.77. The number of carbonyl (C=O) groups is 3. The predicted molar refractivity (Wildman–Crippen MR) is 131 cm³/mol. The summed E-state index contributed by atoms with van der Waals surface area (Å²) in [5.41, 5.74) is 2.61. The first kappa shape index (κ1) is 23.5. The normalized spacial score (nSPS) is 20.2. The van der Waals surface area contributed by atoms with E-state index in [4.69, 9.17) is 4.74 Å². The van der Waals surface area contributed by atoms with E-state index in [1.807, 2.05) is 0 Å². The lowest BCUT2D eigenvalue weighted by atomic mass is 9.82. The van der Waals surface area contributed by atoms with Gasteiger partial charge in [-0.3, -0.25) is 19.3 Å². The number of nitrogens with one attached hydrogen (secondary N) is 2. The van der Waals surface area contributed by atoms with Gasteiger partial charge in [0.2, 0.25) is 5.91 Å². The van der Waals surface area contributed by atoms with E-state index >= 15 is 0 Å². The van der Waals surface area contributed by atoms with Gasteiger partial charge in [0.15, 0.2) is 11.6 Å². The zero-order valence-electron chi connectivity index (χ0n) is 19.8. The monoisotopic (exact) mass is 478 g/mol. The molecule has 2 heterocycles. The van der Waals surface area contributed by atoms with E-state index in [1.54, 1.807) is 48.2 Å².